The van der Waals surface area contributed by atoms with Crippen LogP contribution in [0.3, 0.4) is 0 Å². The van der Waals surface area contributed by atoms with E-state index in [1.807, 2.05) is 12.1 Å². The SMILES string of the molecule is CCOC(=O)c1cnn(Cc2ccc(-c3noc(-c4cc(-c5ccccc5)c(C(F)(F)F)s4)n3)cc2)c1.OCc1ccc(-c2noc(-c3cc(-c4ccccc4)c(C(F)(F)F)s3)n2)cc1. The molecule has 65 heavy (non-hydrogen) atoms. The van der Waals surface area contributed by atoms with E-state index < -0.39 is 28.1 Å². The summed E-state index contributed by atoms with van der Waals surface area (Å²) in [5, 5.41) is 21.1. The highest BCUT2D eigenvalue weighted by molar-refractivity contribution is 7.16. The number of alkyl halides is 6. The van der Waals surface area contributed by atoms with Gasteiger partial charge in [0.1, 0.15) is 9.75 Å². The molecule has 5 aromatic heterocycles. The zero-order valence-corrected chi connectivity index (χ0v) is 35.3. The molecule has 19 heteroatoms. The van der Waals surface area contributed by atoms with Gasteiger partial charge in [0, 0.05) is 28.5 Å². The summed E-state index contributed by atoms with van der Waals surface area (Å²) in [5.41, 5.74) is 4.37. The molecule has 0 saturated carbocycles. The fourth-order valence-corrected chi connectivity index (χ4v) is 8.37. The predicted molar refractivity (Wildman–Crippen MR) is 230 cm³/mol. The summed E-state index contributed by atoms with van der Waals surface area (Å²) in [6.45, 7) is 2.36. The van der Waals surface area contributed by atoms with Crippen molar-refractivity contribution in [3.05, 3.63) is 160 Å². The first-order valence-corrected chi connectivity index (χ1v) is 21.1. The quantitative estimate of drug-likeness (QED) is 0.0984. The lowest BCUT2D eigenvalue weighted by Gasteiger charge is -2.07. The number of thiophene rings is 2. The lowest BCUT2D eigenvalue weighted by atomic mass is 10.1. The van der Waals surface area contributed by atoms with Crippen molar-refractivity contribution in [2.45, 2.75) is 32.4 Å². The first kappa shape index (κ1) is 44.4. The van der Waals surface area contributed by atoms with Crippen molar-refractivity contribution in [2.75, 3.05) is 6.61 Å². The molecular weight excluding hydrogens is 895 g/mol. The van der Waals surface area contributed by atoms with E-state index in [-0.39, 0.29) is 57.5 Å². The van der Waals surface area contributed by atoms with E-state index in [2.05, 4.69) is 25.4 Å². The van der Waals surface area contributed by atoms with Crippen LogP contribution in [0.4, 0.5) is 26.3 Å². The fraction of sp³-hybridized carbons (Fsp3) is 0.130. The molecule has 11 nitrogen and oxygen atoms in total. The Morgan fingerprint density at radius 3 is 1.55 bits per heavy atom. The van der Waals surface area contributed by atoms with E-state index in [4.69, 9.17) is 18.9 Å². The van der Waals surface area contributed by atoms with Crippen molar-refractivity contribution in [1.82, 2.24) is 30.1 Å². The molecule has 0 saturated heterocycles. The number of rotatable bonds is 11. The summed E-state index contributed by atoms with van der Waals surface area (Å²) in [6.07, 6.45) is -5.95. The van der Waals surface area contributed by atoms with Crippen LogP contribution in [0.2, 0.25) is 0 Å². The number of nitrogens with zero attached hydrogens (tertiary/aromatic N) is 6. The van der Waals surface area contributed by atoms with Crippen LogP contribution >= 0.6 is 22.7 Å². The second-order valence-corrected chi connectivity index (χ2v) is 16.1. The molecule has 0 atom stereocenters. The van der Waals surface area contributed by atoms with E-state index in [0.717, 1.165) is 11.1 Å². The summed E-state index contributed by atoms with van der Waals surface area (Å²) in [5.74, 6) is 0.135. The number of esters is 1. The summed E-state index contributed by atoms with van der Waals surface area (Å²) in [7, 11) is 0. The zero-order chi connectivity index (χ0) is 45.7. The monoisotopic (exact) mass is 926 g/mol. The first-order chi connectivity index (χ1) is 31.3. The number of aliphatic hydroxyl groups is 1. The molecule has 1 N–H and O–H groups in total. The van der Waals surface area contributed by atoms with Crippen LogP contribution in [0.25, 0.3) is 66.6 Å². The smallest absolute Gasteiger partial charge is 0.426 e. The minimum atomic E-state index is -4.52. The van der Waals surface area contributed by atoms with Gasteiger partial charge in [0.25, 0.3) is 11.8 Å². The molecule has 9 rings (SSSR count). The largest absolute Gasteiger partial charge is 0.462 e. The van der Waals surface area contributed by atoms with Crippen LogP contribution in [-0.2, 0) is 30.2 Å². The molecule has 0 aliphatic heterocycles. The lowest BCUT2D eigenvalue weighted by molar-refractivity contribution is -0.134. The van der Waals surface area contributed by atoms with E-state index in [1.54, 1.807) is 115 Å². The van der Waals surface area contributed by atoms with Gasteiger partial charge in [-0.2, -0.15) is 41.4 Å². The number of carbonyl (C=O) groups is 1. The highest BCUT2D eigenvalue weighted by Gasteiger charge is 2.38. The minimum Gasteiger partial charge on any atom is -0.462 e. The minimum absolute atomic E-state index is 0.0137. The van der Waals surface area contributed by atoms with Crippen molar-refractivity contribution in [2.24, 2.45) is 0 Å². The Bertz CT molecular complexity index is 3010. The van der Waals surface area contributed by atoms with Gasteiger partial charge < -0.3 is 18.9 Å². The van der Waals surface area contributed by atoms with Crippen LogP contribution < -0.4 is 0 Å². The predicted octanol–water partition coefficient (Wildman–Crippen LogP) is 12.2. The molecule has 5 heterocycles. The fourth-order valence-electron chi connectivity index (χ4n) is 6.44. The summed E-state index contributed by atoms with van der Waals surface area (Å²) < 4.78 is 98.8. The highest BCUT2D eigenvalue weighted by atomic mass is 32.1. The van der Waals surface area contributed by atoms with Crippen molar-refractivity contribution in [1.29, 1.82) is 0 Å². The first-order valence-electron chi connectivity index (χ1n) is 19.5. The topological polar surface area (TPSA) is 142 Å². The molecular formula is C46H32F6N6O5S2. The third kappa shape index (κ3) is 10.3. The van der Waals surface area contributed by atoms with Gasteiger partial charge in [0.2, 0.25) is 11.6 Å². The highest BCUT2D eigenvalue weighted by Crippen LogP contribution is 2.47. The Morgan fingerprint density at radius 2 is 1.12 bits per heavy atom. The number of benzene rings is 4. The third-order valence-corrected chi connectivity index (χ3v) is 11.9. The zero-order valence-electron chi connectivity index (χ0n) is 33.7. The second-order valence-electron chi connectivity index (χ2n) is 14.0. The van der Waals surface area contributed by atoms with Gasteiger partial charge in [-0.15, -0.1) is 22.7 Å². The molecule has 0 radical (unpaired) electrons. The van der Waals surface area contributed by atoms with Crippen LogP contribution in [0.5, 0.6) is 0 Å². The maximum absolute atomic E-state index is 13.7. The van der Waals surface area contributed by atoms with Crippen LogP contribution in [-0.4, -0.2) is 47.7 Å². The maximum Gasteiger partial charge on any atom is 0.426 e. The Morgan fingerprint density at radius 1 is 0.662 bits per heavy atom. The van der Waals surface area contributed by atoms with Crippen LogP contribution in [0.1, 0.15) is 38.2 Å². The summed E-state index contributed by atoms with van der Waals surface area (Å²) in [6, 6.07) is 33.7. The molecule has 0 amide bonds. The van der Waals surface area contributed by atoms with Gasteiger partial charge in [-0.3, -0.25) is 4.68 Å². The maximum atomic E-state index is 13.7. The lowest BCUT2D eigenvalue weighted by Crippen LogP contribution is -2.04. The number of aliphatic hydroxyl groups excluding tert-OH is 1. The van der Waals surface area contributed by atoms with E-state index in [1.165, 1.54) is 18.3 Å². The molecule has 0 fully saturated rings. The molecule has 9 aromatic rings. The number of ether oxygens (including phenoxy) is 1. The molecule has 0 aliphatic rings. The van der Waals surface area contributed by atoms with Crippen molar-refractivity contribution < 1.29 is 50.0 Å². The molecule has 0 unspecified atom stereocenters. The number of hydrogen-bond acceptors (Lipinski definition) is 12. The van der Waals surface area contributed by atoms with Gasteiger partial charge in [-0.1, -0.05) is 120 Å². The van der Waals surface area contributed by atoms with Gasteiger partial charge in [0.15, 0.2) is 0 Å². The summed E-state index contributed by atoms with van der Waals surface area (Å²) >= 11 is 1.14. The van der Waals surface area contributed by atoms with Gasteiger partial charge >= 0.3 is 18.3 Å². The second kappa shape index (κ2) is 18.9. The third-order valence-electron chi connectivity index (χ3n) is 9.52. The van der Waals surface area contributed by atoms with E-state index in [9.17, 15) is 31.1 Å². The Labute approximate surface area is 373 Å². The Balaban J connectivity index is 0.000000184. The molecule has 330 valence electrons. The van der Waals surface area contributed by atoms with Gasteiger partial charge in [0.05, 0.1) is 41.3 Å². The number of hydrogen-bond donors (Lipinski definition) is 1. The van der Waals surface area contributed by atoms with Crippen LogP contribution in [0.15, 0.2) is 143 Å². The summed E-state index contributed by atoms with van der Waals surface area (Å²) in [4.78, 5) is 19.4. The van der Waals surface area contributed by atoms with Gasteiger partial charge in [-0.25, -0.2) is 4.79 Å². The van der Waals surface area contributed by atoms with Crippen molar-refractivity contribution >= 4 is 28.6 Å². The van der Waals surface area contributed by atoms with E-state index in [0.29, 0.717) is 57.0 Å². The van der Waals surface area contributed by atoms with Crippen LogP contribution in [0, 0.1) is 0 Å². The average Bonchev–Trinajstić information content (AvgIpc) is 4.17. The van der Waals surface area contributed by atoms with Crippen molar-refractivity contribution in [3.63, 3.8) is 0 Å². The normalized spacial score (nSPS) is 11.6. The molecule has 0 aliphatic carbocycles. The van der Waals surface area contributed by atoms with E-state index >= 15 is 0 Å². The Kier molecular flexibility index (Phi) is 12.9. The average molecular weight is 927 g/mol. The molecule has 0 bridgehead atoms. The molecule has 4 aromatic carbocycles. The van der Waals surface area contributed by atoms with Gasteiger partial charge in [-0.05, 0) is 41.3 Å². The number of carbonyl (C=O) groups excluding carboxylic acids is 1. The van der Waals surface area contributed by atoms with Crippen molar-refractivity contribution in [3.8, 4) is 66.6 Å². The standard InChI is InChI=1S/C26H19F3N4O3S.C20H13F3N2O2S/c1-2-35-25(34)19-13-30-33(15-19)14-16-8-10-18(11-9-16)23-31-24(36-32-23)21-12-20(17-6-4-3-5-7-17)22(37-21)26(27,28)29;21-20(22,23)17-15(13-4-2-1-3-5-13)10-16(28-17)19-24-18(25-27-19)14-8-6-12(11-26)7-9-14/h3-13,15H,2,14H2,1H3;1-10,26H,11H2. The molecule has 0 spiro atoms. The number of halogens is 6. The Hall–Kier alpha value is -7.22. The number of aromatic nitrogens is 6.